The minimum atomic E-state index is -0.136. The number of rotatable bonds is 4. The van der Waals surface area contributed by atoms with Crippen molar-refractivity contribution in [2.24, 2.45) is 0 Å². The Labute approximate surface area is 151 Å². The Morgan fingerprint density at radius 2 is 1.88 bits per heavy atom. The molecule has 4 nitrogen and oxygen atoms in total. The van der Waals surface area contributed by atoms with Crippen molar-refractivity contribution >= 4 is 27.6 Å². The highest BCUT2D eigenvalue weighted by molar-refractivity contribution is 6.07. The van der Waals surface area contributed by atoms with E-state index in [-0.39, 0.29) is 11.7 Å². The largest absolute Gasteiger partial charge is 0.508 e. The smallest absolute Gasteiger partial charge is 0.255 e. The molecule has 1 amide bonds. The van der Waals surface area contributed by atoms with Gasteiger partial charge in [0.05, 0.1) is 5.56 Å². The van der Waals surface area contributed by atoms with Crippen LogP contribution in [0.15, 0.2) is 65.1 Å². The van der Waals surface area contributed by atoms with Gasteiger partial charge in [-0.1, -0.05) is 49.4 Å². The van der Waals surface area contributed by atoms with Crippen LogP contribution in [0.3, 0.4) is 0 Å². The molecule has 0 saturated heterocycles. The standard InChI is InChI=1S/C22H19NO3/c1-2-19-21(18-8-3-4-9-20(18)26-19)22(25)23-13-15-7-5-6-14-12-16(24)10-11-17(14)15/h3-12,24H,2,13H2,1H3,(H,23,25). The van der Waals surface area contributed by atoms with Crippen LogP contribution in [-0.4, -0.2) is 11.0 Å². The highest BCUT2D eigenvalue weighted by atomic mass is 16.3. The second-order valence-corrected chi connectivity index (χ2v) is 6.26. The molecule has 0 atom stereocenters. The Bertz CT molecular complexity index is 1110. The summed E-state index contributed by atoms with van der Waals surface area (Å²) in [5, 5.41) is 15.5. The first kappa shape index (κ1) is 16.2. The van der Waals surface area contributed by atoms with Gasteiger partial charge in [-0.3, -0.25) is 4.79 Å². The van der Waals surface area contributed by atoms with Gasteiger partial charge in [0, 0.05) is 18.4 Å². The number of phenols is 1. The van der Waals surface area contributed by atoms with Crippen molar-refractivity contribution in [3.05, 3.63) is 77.6 Å². The van der Waals surface area contributed by atoms with E-state index >= 15 is 0 Å². The number of aromatic hydroxyl groups is 1. The Balaban J connectivity index is 1.64. The maximum atomic E-state index is 12.9. The SMILES string of the molecule is CCc1oc2ccccc2c1C(=O)NCc1cccc2cc(O)ccc12. The number of carbonyl (C=O) groups excluding carboxylic acids is 1. The molecule has 4 heteroatoms. The topological polar surface area (TPSA) is 62.5 Å². The third kappa shape index (κ3) is 2.80. The van der Waals surface area contributed by atoms with E-state index < -0.39 is 0 Å². The first-order chi connectivity index (χ1) is 12.7. The molecule has 0 radical (unpaired) electrons. The number of phenolic OH excluding ortho intramolecular Hbond substituents is 1. The molecule has 1 aromatic heterocycles. The van der Waals surface area contributed by atoms with Crippen LogP contribution in [0.4, 0.5) is 0 Å². The number of furan rings is 1. The molecule has 0 aliphatic heterocycles. The van der Waals surface area contributed by atoms with Crippen molar-refractivity contribution in [1.82, 2.24) is 5.32 Å². The van der Waals surface area contributed by atoms with Crippen molar-refractivity contribution < 1.29 is 14.3 Å². The fraction of sp³-hybridized carbons (Fsp3) is 0.136. The fourth-order valence-electron chi connectivity index (χ4n) is 3.35. The van der Waals surface area contributed by atoms with Crippen LogP contribution in [0.25, 0.3) is 21.7 Å². The summed E-state index contributed by atoms with van der Waals surface area (Å²) in [6, 6.07) is 18.7. The number of benzene rings is 3. The van der Waals surface area contributed by atoms with Gasteiger partial charge in [0.2, 0.25) is 0 Å². The molecule has 0 fully saturated rings. The van der Waals surface area contributed by atoms with E-state index in [1.165, 1.54) is 0 Å². The highest BCUT2D eigenvalue weighted by Gasteiger charge is 2.19. The number of nitrogens with one attached hydrogen (secondary N) is 1. The molecule has 0 bridgehead atoms. The van der Waals surface area contributed by atoms with E-state index in [9.17, 15) is 9.90 Å². The number of fused-ring (bicyclic) bond motifs is 2. The second kappa shape index (κ2) is 6.56. The summed E-state index contributed by atoms with van der Waals surface area (Å²) < 4.78 is 5.82. The highest BCUT2D eigenvalue weighted by Crippen LogP contribution is 2.27. The summed E-state index contributed by atoms with van der Waals surface area (Å²) in [5.41, 5.74) is 2.35. The third-order valence-electron chi connectivity index (χ3n) is 4.61. The van der Waals surface area contributed by atoms with Gasteiger partial charge in [0.25, 0.3) is 5.91 Å². The van der Waals surface area contributed by atoms with Crippen LogP contribution in [0, 0.1) is 0 Å². The summed E-state index contributed by atoms with van der Waals surface area (Å²) in [6.45, 7) is 2.38. The number of para-hydroxylation sites is 1. The predicted molar refractivity (Wildman–Crippen MR) is 102 cm³/mol. The van der Waals surface area contributed by atoms with Crippen molar-refractivity contribution in [3.63, 3.8) is 0 Å². The van der Waals surface area contributed by atoms with Crippen LogP contribution in [0.1, 0.15) is 28.6 Å². The lowest BCUT2D eigenvalue weighted by molar-refractivity contribution is 0.0950. The molecule has 0 spiro atoms. The first-order valence-electron chi connectivity index (χ1n) is 8.66. The van der Waals surface area contributed by atoms with Gasteiger partial charge in [-0.2, -0.15) is 0 Å². The van der Waals surface area contributed by atoms with Crippen LogP contribution < -0.4 is 5.32 Å². The zero-order valence-corrected chi connectivity index (χ0v) is 14.5. The molecule has 0 aliphatic carbocycles. The molecule has 4 rings (SSSR count). The number of carbonyl (C=O) groups is 1. The molecular formula is C22H19NO3. The minimum Gasteiger partial charge on any atom is -0.508 e. The summed E-state index contributed by atoms with van der Waals surface area (Å²) >= 11 is 0. The Hall–Kier alpha value is -3.27. The summed E-state index contributed by atoms with van der Waals surface area (Å²) in [6.07, 6.45) is 0.658. The van der Waals surface area contributed by atoms with E-state index in [2.05, 4.69) is 5.32 Å². The second-order valence-electron chi connectivity index (χ2n) is 6.26. The minimum absolute atomic E-state index is 0.136. The van der Waals surface area contributed by atoms with Gasteiger partial charge < -0.3 is 14.8 Å². The lowest BCUT2D eigenvalue weighted by Crippen LogP contribution is -2.23. The van der Waals surface area contributed by atoms with Gasteiger partial charge in [-0.05, 0) is 34.5 Å². The van der Waals surface area contributed by atoms with E-state index in [1.807, 2.05) is 55.5 Å². The van der Waals surface area contributed by atoms with Crippen LogP contribution in [0.5, 0.6) is 5.75 Å². The van der Waals surface area contributed by atoms with Gasteiger partial charge in [0.1, 0.15) is 17.1 Å². The Morgan fingerprint density at radius 3 is 2.73 bits per heavy atom. The maximum Gasteiger partial charge on any atom is 0.255 e. The number of hydrogen-bond acceptors (Lipinski definition) is 3. The quantitative estimate of drug-likeness (QED) is 0.559. The lowest BCUT2D eigenvalue weighted by Gasteiger charge is -2.09. The van der Waals surface area contributed by atoms with Crippen molar-refractivity contribution in [2.45, 2.75) is 19.9 Å². The van der Waals surface area contributed by atoms with Crippen molar-refractivity contribution in [1.29, 1.82) is 0 Å². The zero-order valence-electron chi connectivity index (χ0n) is 14.5. The number of hydrogen-bond donors (Lipinski definition) is 2. The van der Waals surface area contributed by atoms with Gasteiger partial charge in [-0.25, -0.2) is 0 Å². The molecule has 4 aromatic rings. The zero-order chi connectivity index (χ0) is 18.1. The maximum absolute atomic E-state index is 12.9. The molecule has 0 saturated carbocycles. The third-order valence-corrected chi connectivity index (χ3v) is 4.61. The van der Waals surface area contributed by atoms with Gasteiger partial charge >= 0.3 is 0 Å². The first-order valence-corrected chi connectivity index (χ1v) is 8.66. The van der Waals surface area contributed by atoms with Crippen LogP contribution in [0.2, 0.25) is 0 Å². The molecule has 3 aromatic carbocycles. The van der Waals surface area contributed by atoms with E-state index in [1.54, 1.807) is 12.1 Å². The molecule has 0 unspecified atom stereocenters. The summed E-state index contributed by atoms with van der Waals surface area (Å²) in [4.78, 5) is 12.9. The summed E-state index contributed by atoms with van der Waals surface area (Å²) in [5.74, 6) is 0.797. The molecule has 130 valence electrons. The normalized spacial score (nSPS) is 11.1. The number of aryl methyl sites for hydroxylation is 1. The predicted octanol–water partition coefficient (Wildman–Crippen LogP) is 4.78. The average Bonchev–Trinajstić information content (AvgIpc) is 3.04. The van der Waals surface area contributed by atoms with Crippen LogP contribution >= 0.6 is 0 Å². The van der Waals surface area contributed by atoms with Gasteiger partial charge in [0.15, 0.2) is 0 Å². The molecule has 26 heavy (non-hydrogen) atoms. The van der Waals surface area contributed by atoms with E-state index in [4.69, 9.17) is 4.42 Å². The Kier molecular flexibility index (Phi) is 4.09. The molecule has 0 aliphatic rings. The van der Waals surface area contributed by atoms with E-state index in [0.717, 1.165) is 27.3 Å². The monoisotopic (exact) mass is 345 g/mol. The fourth-order valence-corrected chi connectivity index (χ4v) is 3.35. The van der Waals surface area contributed by atoms with Gasteiger partial charge in [-0.15, -0.1) is 0 Å². The lowest BCUT2D eigenvalue weighted by atomic mass is 10.0. The molecule has 1 heterocycles. The van der Waals surface area contributed by atoms with E-state index in [0.29, 0.717) is 24.3 Å². The Morgan fingerprint density at radius 1 is 1.04 bits per heavy atom. The molecular weight excluding hydrogens is 326 g/mol. The van der Waals surface area contributed by atoms with Crippen molar-refractivity contribution in [2.75, 3.05) is 0 Å². The average molecular weight is 345 g/mol. The molecule has 2 N–H and O–H groups in total. The number of amides is 1. The van der Waals surface area contributed by atoms with Crippen molar-refractivity contribution in [3.8, 4) is 5.75 Å². The van der Waals surface area contributed by atoms with Crippen LogP contribution in [-0.2, 0) is 13.0 Å². The summed E-state index contributed by atoms with van der Waals surface area (Å²) in [7, 11) is 0.